The Morgan fingerprint density at radius 3 is 2.48 bits per heavy atom. The molecule has 2 atom stereocenters. The first-order valence-corrected chi connectivity index (χ1v) is 6.77. The zero-order chi connectivity index (χ0) is 15.6. The van der Waals surface area contributed by atoms with Gasteiger partial charge in [0.1, 0.15) is 11.9 Å². The zero-order valence-corrected chi connectivity index (χ0v) is 12.3. The standard InChI is InChI=1S/C15H19NO5/c1-9(2)13-12(14(17)18)16(15(19)21-13)8-10-4-6-11(20-3)7-5-10/h4-7,9,12-13H,8H2,1-3H3,(H,17,18)/t12-,13+/m1/s1. The van der Waals surface area contributed by atoms with Crippen LogP contribution in [0.4, 0.5) is 4.79 Å². The molecular formula is C15H19NO5. The van der Waals surface area contributed by atoms with Crippen LogP contribution in [0.1, 0.15) is 19.4 Å². The van der Waals surface area contributed by atoms with E-state index in [-0.39, 0.29) is 12.5 Å². The largest absolute Gasteiger partial charge is 0.497 e. The van der Waals surface area contributed by atoms with Gasteiger partial charge in [-0.2, -0.15) is 0 Å². The fourth-order valence-electron chi connectivity index (χ4n) is 2.40. The number of amides is 1. The molecule has 114 valence electrons. The maximum atomic E-state index is 11.9. The Morgan fingerprint density at radius 1 is 1.38 bits per heavy atom. The molecule has 21 heavy (non-hydrogen) atoms. The highest BCUT2D eigenvalue weighted by Gasteiger charge is 2.47. The molecule has 2 rings (SSSR count). The molecule has 1 aliphatic heterocycles. The Hall–Kier alpha value is -2.24. The number of cyclic esters (lactones) is 1. The number of nitrogens with zero attached hydrogens (tertiary/aromatic N) is 1. The minimum Gasteiger partial charge on any atom is -0.497 e. The summed E-state index contributed by atoms with van der Waals surface area (Å²) in [6.45, 7) is 3.87. The van der Waals surface area contributed by atoms with Crippen molar-refractivity contribution in [2.24, 2.45) is 5.92 Å². The molecule has 1 heterocycles. The molecular weight excluding hydrogens is 274 g/mol. The number of ether oxygens (including phenoxy) is 2. The van der Waals surface area contributed by atoms with Gasteiger partial charge >= 0.3 is 12.1 Å². The highest BCUT2D eigenvalue weighted by molar-refractivity contribution is 5.83. The van der Waals surface area contributed by atoms with Gasteiger partial charge in [-0.1, -0.05) is 26.0 Å². The molecule has 0 radical (unpaired) electrons. The quantitative estimate of drug-likeness (QED) is 0.900. The Labute approximate surface area is 123 Å². The Bertz CT molecular complexity index is 525. The van der Waals surface area contributed by atoms with Crippen LogP contribution >= 0.6 is 0 Å². The van der Waals surface area contributed by atoms with Crippen molar-refractivity contribution in [2.75, 3.05) is 7.11 Å². The van der Waals surface area contributed by atoms with E-state index < -0.39 is 24.2 Å². The minimum absolute atomic E-state index is 0.0593. The SMILES string of the molecule is COc1ccc(CN2C(=O)O[C@@H](C(C)C)[C@@H]2C(=O)O)cc1. The smallest absolute Gasteiger partial charge is 0.411 e. The molecule has 1 aromatic carbocycles. The number of carboxylic acids is 1. The van der Waals surface area contributed by atoms with E-state index in [4.69, 9.17) is 9.47 Å². The summed E-state index contributed by atoms with van der Waals surface area (Å²) in [7, 11) is 1.57. The van der Waals surface area contributed by atoms with Crippen molar-refractivity contribution in [1.29, 1.82) is 0 Å². The van der Waals surface area contributed by atoms with E-state index in [1.165, 1.54) is 4.90 Å². The first-order chi connectivity index (χ1) is 9.93. The van der Waals surface area contributed by atoms with Crippen LogP contribution in [0.25, 0.3) is 0 Å². The van der Waals surface area contributed by atoms with Crippen LogP contribution in [0.3, 0.4) is 0 Å². The minimum atomic E-state index is -1.05. The van der Waals surface area contributed by atoms with Gasteiger partial charge in [0.2, 0.25) is 0 Å². The third kappa shape index (κ3) is 3.09. The number of hydrogen-bond acceptors (Lipinski definition) is 4. The van der Waals surface area contributed by atoms with Crippen molar-refractivity contribution in [3.8, 4) is 5.75 Å². The van der Waals surface area contributed by atoms with Crippen molar-refractivity contribution in [3.63, 3.8) is 0 Å². The number of hydrogen-bond donors (Lipinski definition) is 1. The summed E-state index contributed by atoms with van der Waals surface area (Å²) in [6, 6.07) is 6.18. The average molecular weight is 293 g/mol. The molecule has 1 aromatic rings. The zero-order valence-electron chi connectivity index (χ0n) is 12.3. The van der Waals surface area contributed by atoms with E-state index >= 15 is 0 Å². The van der Waals surface area contributed by atoms with Crippen LogP contribution < -0.4 is 4.74 Å². The number of aliphatic carboxylic acids is 1. The molecule has 1 saturated heterocycles. The first kappa shape index (κ1) is 15.2. The first-order valence-electron chi connectivity index (χ1n) is 6.77. The molecule has 0 bridgehead atoms. The van der Waals surface area contributed by atoms with E-state index in [2.05, 4.69) is 0 Å². The summed E-state index contributed by atoms with van der Waals surface area (Å²) >= 11 is 0. The number of carbonyl (C=O) groups excluding carboxylic acids is 1. The van der Waals surface area contributed by atoms with Gasteiger partial charge < -0.3 is 14.6 Å². The number of benzene rings is 1. The van der Waals surface area contributed by atoms with Crippen molar-refractivity contribution in [3.05, 3.63) is 29.8 Å². The fourth-order valence-corrected chi connectivity index (χ4v) is 2.40. The monoisotopic (exact) mass is 293 g/mol. The molecule has 1 aliphatic rings. The molecule has 1 amide bonds. The number of carbonyl (C=O) groups is 2. The summed E-state index contributed by atoms with van der Waals surface area (Å²) in [6.07, 6.45) is -1.22. The molecule has 0 saturated carbocycles. The topological polar surface area (TPSA) is 76.1 Å². The molecule has 6 heteroatoms. The van der Waals surface area contributed by atoms with Crippen molar-refractivity contribution >= 4 is 12.1 Å². The number of carboxylic acid groups (broad SMARTS) is 1. The molecule has 0 unspecified atom stereocenters. The van der Waals surface area contributed by atoms with E-state index in [1.807, 2.05) is 13.8 Å². The third-order valence-corrected chi connectivity index (χ3v) is 3.54. The van der Waals surface area contributed by atoms with Crippen LogP contribution in [-0.4, -0.2) is 41.3 Å². The second kappa shape index (κ2) is 6.03. The summed E-state index contributed by atoms with van der Waals surface area (Å²) < 4.78 is 10.3. The van der Waals surface area contributed by atoms with Crippen LogP contribution in [0.5, 0.6) is 5.75 Å². The van der Waals surface area contributed by atoms with Gasteiger partial charge in [-0.15, -0.1) is 0 Å². The lowest BCUT2D eigenvalue weighted by molar-refractivity contribution is -0.143. The maximum Gasteiger partial charge on any atom is 0.411 e. The molecule has 0 spiro atoms. The van der Waals surface area contributed by atoms with Crippen LogP contribution in [-0.2, 0) is 16.1 Å². The van der Waals surface area contributed by atoms with E-state index in [0.29, 0.717) is 5.75 Å². The molecule has 0 aromatic heterocycles. The summed E-state index contributed by atoms with van der Waals surface area (Å²) in [5, 5.41) is 9.39. The molecule has 6 nitrogen and oxygen atoms in total. The van der Waals surface area contributed by atoms with Gasteiger partial charge in [-0.05, 0) is 23.6 Å². The van der Waals surface area contributed by atoms with Gasteiger partial charge in [0.25, 0.3) is 0 Å². The predicted molar refractivity (Wildman–Crippen MR) is 75.1 cm³/mol. The highest BCUT2D eigenvalue weighted by atomic mass is 16.6. The van der Waals surface area contributed by atoms with Gasteiger partial charge in [0.15, 0.2) is 6.04 Å². The van der Waals surface area contributed by atoms with Crippen LogP contribution in [0, 0.1) is 5.92 Å². The van der Waals surface area contributed by atoms with E-state index in [1.54, 1.807) is 31.4 Å². The van der Waals surface area contributed by atoms with Gasteiger partial charge in [0, 0.05) is 0 Å². The summed E-state index contributed by atoms with van der Waals surface area (Å²) in [5.74, 6) is -0.401. The van der Waals surface area contributed by atoms with Crippen LogP contribution in [0.2, 0.25) is 0 Å². The second-order valence-corrected chi connectivity index (χ2v) is 5.35. The lowest BCUT2D eigenvalue weighted by Gasteiger charge is -2.22. The van der Waals surface area contributed by atoms with Gasteiger partial charge in [0.05, 0.1) is 13.7 Å². The predicted octanol–water partition coefficient (Wildman–Crippen LogP) is 2.13. The summed E-state index contributed by atoms with van der Waals surface area (Å²) in [5.41, 5.74) is 0.823. The molecule has 0 aliphatic carbocycles. The normalized spacial score (nSPS) is 21.5. The second-order valence-electron chi connectivity index (χ2n) is 5.35. The number of rotatable bonds is 5. The van der Waals surface area contributed by atoms with Crippen molar-refractivity contribution in [1.82, 2.24) is 4.90 Å². The maximum absolute atomic E-state index is 11.9. The Morgan fingerprint density at radius 2 is 2.00 bits per heavy atom. The Kier molecular flexibility index (Phi) is 4.35. The Balaban J connectivity index is 2.19. The fraction of sp³-hybridized carbons (Fsp3) is 0.467. The summed E-state index contributed by atoms with van der Waals surface area (Å²) in [4.78, 5) is 24.7. The average Bonchev–Trinajstić information content (AvgIpc) is 2.77. The third-order valence-electron chi connectivity index (χ3n) is 3.54. The highest BCUT2D eigenvalue weighted by Crippen LogP contribution is 2.27. The number of methoxy groups -OCH3 is 1. The van der Waals surface area contributed by atoms with Crippen LogP contribution in [0.15, 0.2) is 24.3 Å². The van der Waals surface area contributed by atoms with Crippen molar-refractivity contribution in [2.45, 2.75) is 32.5 Å². The van der Waals surface area contributed by atoms with Crippen molar-refractivity contribution < 1.29 is 24.2 Å². The molecule has 1 N–H and O–H groups in total. The van der Waals surface area contributed by atoms with E-state index in [0.717, 1.165) is 5.56 Å². The van der Waals surface area contributed by atoms with E-state index in [9.17, 15) is 14.7 Å². The lowest BCUT2D eigenvalue weighted by Crippen LogP contribution is -2.44. The molecule has 1 fully saturated rings. The van der Waals surface area contributed by atoms with Gasteiger partial charge in [-0.3, -0.25) is 4.90 Å². The lowest BCUT2D eigenvalue weighted by atomic mass is 9.99. The van der Waals surface area contributed by atoms with Gasteiger partial charge in [-0.25, -0.2) is 9.59 Å².